The van der Waals surface area contributed by atoms with Crippen LogP contribution in [0, 0.1) is 0 Å². The van der Waals surface area contributed by atoms with Crippen molar-refractivity contribution in [3.8, 4) is 33.8 Å². The van der Waals surface area contributed by atoms with Crippen LogP contribution in [0.3, 0.4) is 0 Å². The Balaban J connectivity index is 1.09. The molecule has 242 valence electrons. The molecule has 0 bridgehead atoms. The zero-order valence-electron chi connectivity index (χ0n) is 28.1. The number of hydrogen-bond acceptors (Lipinski definition) is 2. The van der Waals surface area contributed by atoms with Crippen LogP contribution < -0.4 is 0 Å². The highest BCUT2D eigenvalue weighted by Gasteiger charge is 2.18. The minimum absolute atomic E-state index is 0.884. The summed E-state index contributed by atoms with van der Waals surface area (Å²) < 4.78 is 4.71. The first-order valence-corrected chi connectivity index (χ1v) is 17.7. The van der Waals surface area contributed by atoms with Gasteiger partial charge in [0.1, 0.15) is 5.82 Å². The van der Waals surface area contributed by atoms with E-state index in [1.165, 1.54) is 60.5 Å². The molecule has 11 rings (SSSR count). The van der Waals surface area contributed by atoms with Crippen molar-refractivity contribution in [2.45, 2.75) is 0 Å². The van der Waals surface area contributed by atoms with Crippen molar-refractivity contribution >= 4 is 65.4 Å². The van der Waals surface area contributed by atoms with E-state index in [9.17, 15) is 0 Å². The van der Waals surface area contributed by atoms with Gasteiger partial charge in [0.2, 0.25) is 0 Å². The summed E-state index contributed by atoms with van der Waals surface area (Å²) in [7, 11) is 0. The average molecular weight is 663 g/mol. The molecule has 4 nitrogen and oxygen atoms in total. The van der Waals surface area contributed by atoms with Crippen LogP contribution in [0.15, 0.2) is 182 Å². The Morgan fingerprint density at radius 3 is 1.69 bits per heavy atom. The predicted molar refractivity (Wildman–Crippen MR) is 217 cm³/mol. The van der Waals surface area contributed by atoms with E-state index >= 15 is 0 Å². The van der Waals surface area contributed by atoms with Gasteiger partial charge in [-0.1, -0.05) is 115 Å². The summed E-state index contributed by atoms with van der Waals surface area (Å²) in [4.78, 5) is 9.95. The summed E-state index contributed by atoms with van der Waals surface area (Å²) in [5.74, 6) is 0.884. The van der Waals surface area contributed by atoms with Crippen LogP contribution in [0.5, 0.6) is 0 Å². The number of para-hydroxylation sites is 3. The molecule has 0 saturated heterocycles. The van der Waals surface area contributed by atoms with Gasteiger partial charge in [-0.25, -0.2) is 4.98 Å². The number of hydrogen-bond donors (Lipinski definition) is 0. The third-order valence-corrected chi connectivity index (χ3v) is 10.6. The second-order valence-electron chi connectivity index (χ2n) is 13.4. The predicted octanol–water partition coefficient (Wildman–Crippen LogP) is 12.3. The molecule has 4 heterocycles. The fourth-order valence-electron chi connectivity index (χ4n) is 8.18. The first-order valence-electron chi connectivity index (χ1n) is 17.7. The van der Waals surface area contributed by atoms with E-state index in [0.29, 0.717) is 0 Å². The van der Waals surface area contributed by atoms with Crippen molar-refractivity contribution in [3.63, 3.8) is 0 Å². The summed E-state index contributed by atoms with van der Waals surface area (Å²) >= 11 is 0. The Morgan fingerprint density at radius 1 is 0.365 bits per heavy atom. The van der Waals surface area contributed by atoms with Crippen molar-refractivity contribution in [1.82, 2.24) is 19.1 Å². The lowest BCUT2D eigenvalue weighted by molar-refractivity contribution is 1.10. The van der Waals surface area contributed by atoms with Gasteiger partial charge < -0.3 is 4.57 Å². The normalized spacial score (nSPS) is 11.8. The van der Waals surface area contributed by atoms with Gasteiger partial charge in [0.15, 0.2) is 0 Å². The second-order valence-corrected chi connectivity index (χ2v) is 13.4. The molecule has 0 fully saturated rings. The smallest absolute Gasteiger partial charge is 0.138 e. The molecule has 0 aliphatic carbocycles. The Morgan fingerprint density at radius 2 is 0.942 bits per heavy atom. The zero-order chi connectivity index (χ0) is 34.2. The molecule has 4 aromatic heterocycles. The molecule has 0 unspecified atom stereocenters. The molecule has 0 saturated carbocycles. The summed E-state index contributed by atoms with van der Waals surface area (Å²) in [5.41, 5.74) is 12.4. The van der Waals surface area contributed by atoms with E-state index in [2.05, 4.69) is 179 Å². The minimum atomic E-state index is 0.884. The van der Waals surface area contributed by atoms with E-state index in [0.717, 1.165) is 38.7 Å². The van der Waals surface area contributed by atoms with E-state index in [1.807, 2.05) is 12.3 Å². The number of nitrogens with zero attached hydrogens (tertiary/aromatic N) is 4. The van der Waals surface area contributed by atoms with Crippen molar-refractivity contribution in [3.05, 3.63) is 182 Å². The second kappa shape index (κ2) is 11.2. The maximum Gasteiger partial charge on any atom is 0.138 e. The van der Waals surface area contributed by atoms with Gasteiger partial charge in [-0.15, -0.1) is 0 Å². The Hall–Kier alpha value is -7.04. The number of pyridine rings is 2. The van der Waals surface area contributed by atoms with Gasteiger partial charge in [-0.05, 0) is 77.4 Å². The molecule has 0 amide bonds. The fraction of sp³-hybridized carbons (Fsp3) is 0. The standard InChI is InChI=1S/C48H30N4/c1-2-11-31(12-3-1)36-14-4-7-17-41(36)51-42-18-8-5-15-37(42)39-29-34(22-25-44(39)51)35-23-26-45-40(30-35)38-16-6-9-19-43(38)52(45)46-27-24-33-21-20-32-13-10-28-49-47(32)48(33)50-46/h1-30H. The number of fused-ring (bicyclic) bond motifs is 9. The van der Waals surface area contributed by atoms with Gasteiger partial charge in [-0.2, -0.15) is 0 Å². The molecule has 0 radical (unpaired) electrons. The van der Waals surface area contributed by atoms with Crippen molar-refractivity contribution in [1.29, 1.82) is 0 Å². The summed E-state index contributed by atoms with van der Waals surface area (Å²) in [6.07, 6.45) is 1.84. The van der Waals surface area contributed by atoms with E-state index in [-0.39, 0.29) is 0 Å². The number of benzene rings is 7. The zero-order valence-corrected chi connectivity index (χ0v) is 28.1. The van der Waals surface area contributed by atoms with Gasteiger partial charge in [0, 0.05) is 44.1 Å². The number of rotatable bonds is 4. The molecule has 4 heteroatoms. The van der Waals surface area contributed by atoms with Crippen LogP contribution in [0.4, 0.5) is 0 Å². The maximum absolute atomic E-state index is 5.24. The van der Waals surface area contributed by atoms with E-state index < -0.39 is 0 Å². The molecule has 11 aromatic rings. The topological polar surface area (TPSA) is 35.6 Å². The quantitative estimate of drug-likeness (QED) is 0.176. The highest BCUT2D eigenvalue weighted by Crippen LogP contribution is 2.40. The highest BCUT2D eigenvalue weighted by atomic mass is 15.1. The molecule has 7 aromatic carbocycles. The summed E-state index contributed by atoms with van der Waals surface area (Å²) in [6, 6.07) is 63.1. The monoisotopic (exact) mass is 662 g/mol. The largest absolute Gasteiger partial charge is 0.309 e. The SMILES string of the molecule is c1ccc(-c2ccccc2-n2c3ccccc3c3cc(-c4ccc5c(c4)c4ccccc4n5-c4ccc5ccc6cccnc6c5n4)ccc32)cc1. The third-order valence-electron chi connectivity index (χ3n) is 10.6. The van der Waals surface area contributed by atoms with Crippen molar-refractivity contribution < 1.29 is 0 Å². The van der Waals surface area contributed by atoms with Crippen LogP contribution in [0.25, 0.3) is 99.2 Å². The number of aromatic nitrogens is 4. The first-order chi connectivity index (χ1) is 25.8. The summed E-state index contributed by atoms with van der Waals surface area (Å²) in [6.45, 7) is 0. The van der Waals surface area contributed by atoms with Crippen LogP contribution in [0.1, 0.15) is 0 Å². The summed E-state index contributed by atoms with van der Waals surface area (Å²) in [5, 5.41) is 7.05. The lowest BCUT2D eigenvalue weighted by Crippen LogP contribution is -1.98. The fourth-order valence-corrected chi connectivity index (χ4v) is 8.18. The van der Waals surface area contributed by atoms with E-state index in [1.54, 1.807) is 0 Å². The molecule has 0 spiro atoms. The van der Waals surface area contributed by atoms with Gasteiger partial charge in [-0.3, -0.25) is 9.55 Å². The molecule has 0 atom stereocenters. The Kier molecular flexibility index (Phi) is 6.22. The van der Waals surface area contributed by atoms with Crippen LogP contribution in [-0.4, -0.2) is 19.1 Å². The van der Waals surface area contributed by atoms with Gasteiger partial charge >= 0.3 is 0 Å². The minimum Gasteiger partial charge on any atom is -0.309 e. The molecular weight excluding hydrogens is 633 g/mol. The van der Waals surface area contributed by atoms with Crippen LogP contribution in [0.2, 0.25) is 0 Å². The molecule has 52 heavy (non-hydrogen) atoms. The van der Waals surface area contributed by atoms with E-state index in [4.69, 9.17) is 9.97 Å². The molecule has 0 aliphatic rings. The van der Waals surface area contributed by atoms with Gasteiger partial charge in [0.05, 0.1) is 38.8 Å². The molecular formula is C48H30N4. The van der Waals surface area contributed by atoms with Crippen molar-refractivity contribution in [2.24, 2.45) is 0 Å². The Bertz CT molecular complexity index is 3190. The van der Waals surface area contributed by atoms with Gasteiger partial charge in [0.25, 0.3) is 0 Å². The van der Waals surface area contributed by atoms with Crippen molar-refractivity contribution in [2.75, 3.05) is 0 Å². The van der Waals surface area contributed by atoms with Crippen LogP contribution in [-0.2, 0) is 0 Å². The first kappa shape index (κ1) is 28.8. The average Bonchev–Trinajstić information content (AvgIpc) is 3.73. The maximum atomic E-state index is 5.24. The Labute approximate surface area is 299 Å². The van der Waals surface area contributed by atoms with Crippen LogP contribution >= 0.6 is 0 Å². The lowest BCUT2D eigenvalue weighted by atomic mass is 10.0. The lowest BCUT2D eigenvalue weighted by Gasteiger charge is -2.14. The third kappa shape index (κ3) is 4.28. The highest BCUT2D eigenvalue weighted by molar-refractivity contribution is 6.13. The molecule has 0 aliphatic heterocycles. The molecule has 0 N–H and O–H groups in total.